The Hall–Kier alpha value is -2.55. The van der Waals surface area contributed by atoms with E-state index < -0.39 is 0 Å². The summed E-state index contributed by atoms with van der Waals surface area (Å²) >= 11 is 0. The highest BCUT2D eigenvalue weighted by molar-refractivity contribution is 5.99. The van der Waals surface area contributed by atoms with Gasteiger partial charge in [-0.3, -0.25) is 4.79 Å². The summed E-state index contributed by atoms with van der Waals surface area (Å²) < 4.78 is 5.18. The summed E-state index contributed by atoms with van der Waals surface area (Å²) in [6, 6.07) is 15.8. The fraction of sp³-hybridized carbons (Fsp3) is 0.211. The molecular weight excluding hydrogens is 274 g/mol. The van der Waals surface area contributed by atoms with Gasteiger partial charge in [-0.2, -0.15) is 0 Å². The van der Waals surface area contributed by atoms with Crippen molar-refractivity contribution in [3.63, 3.8) is 0 Å². The van der Waals surface area contributed by atoms with Crippen LogP contribution < -0.4 is 10.1 Å². The van der Waals surface area contributed by atoms with Crippen LogP contribution in [0.25, 0.3) is 0 Å². The molecule has 0 saturated carbocycles. The molecule has 0 unspecified atom stereocenters. The normalized spacial score (nSPS) is 20.2. The van der Waals surface area contributed by atoms with Crippen LogP contribution in [-0.2, 0) is 4.79 Å². The second-order valence-corrected chi connectivity index (χ2v) is 5.50. The third-order valence-electron chi connectivity index (χ3n) is 4.08. The van der Waals surface area contributed by atoms with E-state index in [2.05, 4.69) is 18.3 Å². The molecule has 0 saturated heterocycles. The highest BCUT2D eigenvalue weighted by Gasteiger charge is 2.31. The number of methoxy groups -OCH3 is 1. The van der Waals surface area contributed by atoms with Crippen molar-refractivity contribution in [2.75, 3.05) is 12.4 Å². The number of carbonyl (C=O) groups excluding carboxylic acids is 1. The number of nitrogens with one attached hydrogen (secondary N) is 1. The minimum atomic E-state index is -0.189. The first-order valence-electron chi connectivity index (χ1n) is 7.37. The van der Waals surface area contributed by atoms with Gasteiger partial charge >= 0.3 is 0 Å². The van der Waals surface area contributed by atoms with Crippen molar-refractivity contribution in [2.45, 2.75) is 18.9 Å². The van der Waals surface area contributed by atoms with Crippen molar-refractivity contribution < 1.29 is 9.53 Å². The number of allylic oxidation sites excluding steroid dienone is 1. The van der Waals surface area contributed by atoms with Crippen LogP contribution in [-0.4, -0.2) is 18.9 Å². The number of hydrogen-bond donors (Lipinski definition) is 1. The fourth-order valence-electron chi connectivity index (χ4n) is 2.82. The van der Waals surface area contributed by atoms with Gasteiger partial charge in [0.1, 0.15) is 5.75 Å². The molecule has 1 aliphatic rings. The third kappa shape index (κ3) is 2.75. The maximum Gasteiger partial charge on any atom is 0.165 e. The molecule has 0 heterocycles. The number of rotatable bonds is 4. The van der Waals surface area contributed by atoms with Crippen molar-refractivity contribution in [1.29, 1.82) is 0 Å². The van der Waals surface area contributed by atoms with E-state index >= 15 is 0 Å². The topological polar surface area (TPSA) is 38.3 Å². The molecule has 2 aromatic rings. The van der Waals surface area contributed by atoms with Gasteiger partial charge in [0.05, 0.1) is 19.1 Å². The Labute approximate surface area is 130 Å². The zero-order valence-corrected chi connectivity index (χ0v) is 12.7. The predicted octanol–water partition coefficient (Wildman–Crippen LogP) is 3.71. The highest BCUT2D eigenvalue weighted by Crippen LogP contribution is 2.31. The molecule has 0 aliphatic heterocycles. The minimum absolute atomic E-state index is 0.0259. The first-order chi connectivity index (χ1) is 10.7. The molecule has 2 atom stereocenters. The van der Waals surface area contributed by atoms with Crippen LogP contribution in [0, 0.1) is 6.92 Å². The maximum absolute atomic E-state index is 12.3. The van der Waals surface area contributed by atoms with E-state index in [4.69, 9.17) is 4.74 Å². The van der Waals surface area contributed by atoms with Crippen molar-refractivity contribution in [3.8, 4) is 5.75 Å². The number of ether oxygens (including phenoxy) is 1. The molecular formula is C19H19NO2. The van der Waals surface area contributed by atoms with Crippen LogP contribution in [0.1, 0.15) is 17.0 Å². The number of hydrogen-bond acceptors (Lipinski definition) is 3. The third-order valence-corrected chi connectivity index (χ3v) is 4.08. The van der Waals surface area contributed by atoms with Gasteiger partial charge in [0.2, 0.25) is 0 Å². The number of carbonyl (C=O) groups is 1. The van der Waals surface area contributed by atoms with E-state index in [1.165, 1.54) is 5.56 Å². The first-order valence-corrected chi connectivity index (χ1v) is 7.37. The number of anilines is 1. The Bertz CT molecular complexity index is 704. The molecule has 2 aromatic carbocycles. The average Bonchev–Trinajstić information content (AvgIpc) is 2.90. The van der Waals surface area contributed by atoms with Gasteiger partial charge in [-0.15, -0.1) is 0 Å². The van der Waals surface area contributed by atoms with Crippen molar-refractivity contribution in [2.24, 2.45) is 0 Å². The summed E-state index contributed by atoms with van der Waals surface area (Å²) in [5.41, 5.74) is 3.23. The molecule has 0 radical (unpaired) electrons. The molecule has 0 spiro atoms. The van der Waals surface area contributed by atoms with Crippen LogP contribution in [0.15, 0.2) is 60.7 Å². The smallest absolute Gasteiger partial charge is 0.165 e. The Morgan fingerprint density at radius 3 is 2.45 bits per heavy atom. The van der Waals surface area contributed by atoms with Crippen LogP contribution >= 0.6 is 0 Å². The van der Waals surface area contributed by atoms with E-state index in [-0.39, 0.29) is 17.7 Å². The zero-order chi connectivity index (χ0) is 15.5. The second kappa shape index (κ2) is 6.06. The zero-order valence-electron chi connectivity index (χ0n) is 12.7. The van der Waals surface area contributed by atoms with Gasteiger partial charge in [-0.1, -0.05) is 36.4 Å². The largest absolute Gasteiger partial charge is 0.497 e. The van der Waals surface area contributed by atoms with Crippen LogP contribution in [0.5, 0.6) is 5.75 Å². The number of aryl methyl sites for hydroxylation is 1. The summed E-state index contributed by atoms with van der Waals surface area (Å²) in [4.78, 5) is 12.3. The lowest BCUT2D eigenvalue weighted by atomic mass is 9.92. The molecule has 3 rings (SSSR count). The Kier molecular flexibility index (Phi) is 3.96. The van der Waals surface area contributed by atoms with Crippen molar-refractivity contribution in [1.82, 2.24) is 0 Å². The van der Waals surface area contributed by atoms with Gasteiger partial charge in [0.25, 0.3) is 0 Å². The van der Waals surface area contributed by atoms with E-state index in [0.29, 0.717) is 0 Å². The van der Waals surface area contributed by atoms with E-state index in [0.717, 1.165) is 17.0 Å². The molecule has 1 aliphatic carbocycles. The molecule has 22 heavy (non-hydrogen) atoms. The van der Waals surface area contributed by atoms with Gasteiger partial charge in [0.15, 0.2) is 5.78 Å². The molecule has 3 heteroatoms. The number of para-hydroxylation sites is 1. The van der Waals surface area contributed by atoms with Crippen molar-refractivity contribution in [3.05, 3.63) is 71.8 Å². The van der Waals surface area contributed by atoms with Crippen LogP contribution in [0.4, 0.5) is 5.69 Å². The molecule has 3 nitrogen and oxygen atoms in total. The maximum atomic E-state index is 12.3. The quantitative estimate of drug-likeness (QED) is 0.934. The van der Waals surface area contributed by atoms with E-state index in [1.54, 1.807) is 13.2 Å². The average molecular weight is 293 g/mol. The molecule has 0 fully saturated rings. The Balaban J connectivity index is 1.85. The lowest BCUT2D eigenvalue weighted by Crippen LogP contribution is -2.26. The number of benzene rings is 2. The SMILES string of the molecule is COc1ccc([C@@H]2C(=O)C=C[C@H]2Nc2ccccc2C)cc1. The molecule has 112 valence electrons. The van der Waals surface area contributed by atoms with E-state index in [9.17, 15) is 4.79 Å². The van der Waals surface area contributed by atoms with Gasteiger partial charge < -0.3 is 10.1 Å². The van der Waals surface area contributed by atoms with Gasteiger partial charge in [-0.05, 0) is 42.3 Å². The highest BCUT2D eigenvalue weighted by atomic mass is 16.5. The summed E-state index contributed by atoms with van der Waals surface area (Å²) in [5, 5.41) is 3.48. The van der Waals surface area contributed by atoms with Crippen LogP contribution in [0.2, 0.25) is 0 Å². The monoisotopic (exact) mass is 293 g/mol. The van der Waals surface area contributed by atoms with Crippen molar-refractivity contribution >= 4 is 11.5 Å². The van der Waals surface area contributed by atoms with Gasteiger partial charge in [-0.25, -0.2) is 0 Å². The van der Waals surface area contributed by atoms with Crippen LogP contribution in [0.3, 0.4) is 0 Å². The summed E-state index contributed by atoms with van der Waals surface area (Å²) in [6.45, 7) is 2.06. The number of ketones is 1. The summed E-state index contributed by atoms with van der Waals surface area (Å²) in [6.07, 6.45) is 3.62. The predicted molar refractivity (Wildman–Crippen MR) is 88.5 cm³/mol. The minimum Gasteiger partial charge on any atom is -0.497 e. The lowest BCUT2D eigenvalue weighted by Gasteiger charge is -2.22. The van der Waals surface area contributed by atoms with Gasteiger partial charge in [0, 0.05) is 5.69 Å². The molecule has 1 N–H and O–H groups in total. The Morgan fingerprint density at radius 1 is 1.05 bits per heavy atom. The summed E-state index contributed by atoms with van der Waals surface area (Å²) in [7, 11) is 1.64. The van der Waals surface area contributed by atoms with E-state index in [1.807, 2.05) is 48.5 Å². The standard InChI is InChI=1S/C19H19NO2/c1-13-5-3-4-6-16(13)20-17-11-12-18(21)19(17)14-7-9-15(22-2)10-8-14/h3-12,17,19-20H,1-2H3/t17-,19+/m1/s1. The molecule has 0 aromatic heterocycles. The fourth-order valence-corrected chi connectivity index (χ4v) is 2.82. The molecule has 0 amide bonds. The molecule has 0 bridgehead atoms. The summed E-state index contributed by atoms with van der Waals surface area (Å²) in [5.74, 6) is 0.743. The second-order valence-electron chi connectivity index (χ2n) is 5.50. The lowest BCUT2D eigenvalue weighted by molar-refractivity contribution is -0.115. The first kappa shape index (κ1) is 14.4. The Morgan fingerprint density at radius 2 is 1.77 bits per heavy atom.